The van der Waals surface area contributed by atoms with Gasteiger partial charge in [-0.1, -0.05) is 13.8 Å². The number of H-pyrrole nitrogens is 1. The summed E-state index contributed by atoms with van der Waals surface area (Å²) in [5, 5.41) is 18.4. The maximum atomic E-state index is 13.7. The quantitative estimate of drug-likeness (QED) is 0.387. The molecule has 11 heteroatoms. The Hall–Kier alpha value is -4.25. The van der Waals surface area contributed by atoms with Gasteiger partial charge in [-0.05, 0) is 49.9 Å². The van der Waals surface area contributed by atoms with Crippen molar-refractivity contribution in [3.05, 3.63) is 64.2 Å². The largest absolute Gasteiger partial charge is 0.478 e. The highest BCUT2D eigenvalue weighted by molar-refractivity contribution is 6.34. The number of aliphatic carboxylic acids is 2. The summed E-state index contributed by atoms with van der Waals surface area (Å²) >= 11 is 0. The normalized spacial score (nSPS) is 15.4. The van der Waals surface area contributed by atoms with Crippen LogP contribution < -0.4 is 5.32 Å². The summed E-state index contributed by atoms with van der Waals surface area (Å²) in [4.78, 5) is 52.2. The average Bonchev–Trinajstić information content (AvgIpc) is 3.36. The van der Waals surface area contributed by atoms with Crippen LogP contribution in [0.4, 0.5) is 10.1 Å². The van der Waals surface area contributed by atoms with Crippen LogP contribution in [0.25, 0.3) is 11.6 Å². The minimum Gasteiger partial charge on any atom is -0.478 e. The van der Waals surface area contributed by atoms with Crippen molar-refractivity contribution in [1.29, 1.82) is 0 Å². The number of aromatic amines is 1. The maximum absolute atomic E-state index is 13.7. The van der Waals surface area contributed by atoms with Gasteiger partial charge in [0.2, 0.25) is 0 Å². The molecule has 1 aromatic heterocycles. The van der Waals surface area contributed by atoms with Crippen molar-refractivity contribution >= 4 is 41.1 Å². The molecule has 3 heterocycles. The first-order valence-electron chi connectivity index (χ1n) is 12.3. The van der Waals surface area contributed by atoms with Crippen LogP contribution in [0.5, 0.6) is 0 Å². The zero-order valence-electron chi connectivity index (χ0n) is 21.5. The van der Waals surface area contributed by atoms with Gasteiger partial charge in [-0.25, -0.2) is 14.0 Å². The van der Waals surface area contributed by atoms with E-state index in [0.29, 0.717) is 47.6 Å². The van der Waals surface area contributed by atoms with Crippen LogP contribution >= 0.6 is 0 Å². The summed E-state index contributed by atoms with van der Waals surface area (Å²) in [7, 11) is 0. The van der Waals surface area contributed by atoms with Crippen LogP contribution in [0.3, 0.4) is 0 Å². The fourth-order valence-corrected chi connectivity index (χ4v) is 4.41. The Bertz CT molecular complexity index is 1290. The standard InChI is InChI=1S/C23H27FN4O2.C4H4O4/c1-4-27(5-2)10-11-28-9-8-19-21(23(28)30)14(3)20(25-19)13-17-16-12-15(24)6-7-18(16)26-22(17)29;5-3(6)1-2-4(7)8/h6-7,12-13,25H,4-5,8-11H2,1-3H3,(H,26,29);1-2H,(H,5,6)(H,7,8)/b;2-1-. The molecule has 38 heavy (non-hydrogen) atoms. The first-order valence-corrected chi connectivity index (χ1v) is 12.3. The van der Waals surface area contributed by atoms with E-state index in [-0.39, 0.29) is 11.8 Å². The summed E-state index contributed by atoms with van der Waals surface area (Å²) in [5.74, 6) is -3.14. The van der Waals surface area contributed by atoms with Gasteiger partial charge in [-0.2, -0.15) is 0 Å². The zero-order valence-corrected chi connectivity index (χ0v) is 21.5. The molecule has 0 spiro atoms. The highest BCUT2D eigenvalue weighted by Gasteiger charge is 2.30. The molecule has 2 amide bonds. The van der Waals surface area contributed by atoms with Crippen LogP contribution in [-0.4, -0.2) is 81.5 Å². The molecule has 4 rings (SSSR count). The number of amides is 2. The van der Waals surface area contributed by atoms with Gasteiger partial charge in [-0.15, -0.1) is 0 Å². The number of halogens is 1. The Labute approximate surface area is 219 Å². The smallest absolute Gasteiger partial charge is 0.328 e. The number of aromatic nitrogens is 1. The van der Waals surface area contributed by atoms with Crippen molar-refractivity contribution in [3.8, 4) is 0 Å². The van der Waals surface area contributed by atoms with E-state index >= 15 is 0 Å². The molecule has 2 aliphatic rings. The van der Waals surface area contributed by atoms with Gasteiger partial charge in [0.05, 0.1) is 11.1 Å². The number of carboxylic acids is 2. The molecule has 202 valence electrons. The number of benzene rings is 1. The number of anilines is 1. The molecule has 2 aromatic rings. The van der Waals surface area contributed by atoms with Crippen molar-refractivity contribution in [1.82, 2.24) is 14.8 Å². The summed E-state index contributed by atoms with van der Waals surface area (Å²) in [5.41, 5.74) is 4.69. The molecule has 0 unspecified atom stereocenters. The first kappa shape index (κ1) is 28.3. The van der Waals surface area contributed by atoms with Crippen LogP contribution in [0.15, 0.2) is 30.4 Å². The van der Waals surface area contributed by atoms with E-state index in [1.165, 1.54) is 12.1 Å². The highest BCUT2D eigenvalue weighted by atomic mass is 19.1. The number of likely N-dealkylation sites (N-methyl/N-ethyl adjacent to an activating group) is 1. The third-order valence-electron chi connectivity index (χ3n) is 6.50. The topological polar surface area (TPSA) is 143 Å². The number of carboxylic acid groups (broad SMARTS) is 2. The molecular weight excluding hydrogens is 495 g/mol. The summed E-state index contributed by atoms with van der Waals surface area (Å²) in [6, 6.07) is 4.25. The molecular formula is C27H31FN4O6. The highest BCUT2D eigenvalue weighted by Crippen LogP contribution is 2.35. The van der Waals surface area contributed by atoms with Gasteiger partial charge in [0.25, 0.3) is 11.8 Å². The molecule has 0 aliphatic carbocycles. The molecule has 1 aromatic carbocycles. The number of rotatable bonds is 8. The average molecular weight is 527 g/mol. The van der Waals surface area contributed by atoms with Crippen LogP contribution in [0.1, 0.15) is 46.7 Å². The van der Waals surface area contributed by atoms with E-state index in [0.717, 1.165) is 43.0 Å². The Balaban J connectivity index is 0.000000436. The number of fused-ring (bicyclic) bond motifs is 2. The minimum atomic E-state index is -1.26. The lowest BCUT2D eigenvalue weighted by atomic mass is 10.0. The van der Waals surface area contributed by atoms with E-state index in [2.05, 4.69) is 29.0 Å². The summed E-state index contributed by atoms with van der Waals surface area (Å²) < 4.78 is 13.7. The van der Waals surface area contributed by atoms with Crippen molar-refractivity contribution in [2.24, 2.45) is 0 Å². The number of nitrogens with zero attached hydrogens (tertiary/aromatic N) is 2. The molecule has 0 saturated heterocycles. The van der Waals surface area contributed by atoms with Crippen LogP contribution in [0, 0.1) is 12.7 Å². The second-order valence-corrected chi connectivity index (χ2v) is 8.80. The van der Waals surface area contributed by atoms with Crippen molar-refractivity contribution in [3.63, 3.8) is 0 Å². The molecule has 2 aliphatic heterocycles. The zero-order chi connectivity index (χ0) is 28.0. The molecule has 0 radical (unpaired) electrons. The first-order chi connectivity index (χ1) is 18.0. The SMILES string of the molecule is CCN(CC)CCN1CCc2[nH]c(C=C3C(=O)Nc4ccc(F)cc43)c(C)c2C1=O.O=C(O)/C=C\C(=O)O. The van der Waals surface area contributed by atoms with Crippen molar-refractivity contribution < 1.29 is 33.8 Å². The van der Waals surface area contributed by atoms with E-state index in [1.807, 2.05) is 11.8 Å². The lowest BCUT2D eigenvalue weighted by molar-refractivity contribution is -0.134. The lowest BCUT2D eigenvalue weighted by Gasteiger charge is -2.29. The van der Waals surface area contributed by atoms with Gasteiger partial charge in [0.1, 0.15) is 5.82 Å². The molecule has 0 bridgehead atoms. The van der Waals surface area contributed by atoms with Crippen molar-refractivity contribution in [2.45, 2.75) is 27.2 Å². The van der Waals surface area contributed by atoms with E-state index < -0.39 is 17.8 Å². The molecule has 0 atom stereocenters. The summed E-state index contributed by atoms with van der Waals surface area (Å²) in [6.07, 6.45) is 3.59. The third-order valence-corrected chi connectivity index (χ3v) is 6.50. The Morgan fingerprint density at radius 2 is 1.79 bits per heavy atom. The van der Waals surface area contributed by atoms with E-state index in [4.69, 9.17) is 10.2 Å². The fourth-order valence-electron chi connectivity index (χ4n) is 4.41. The number of carbonyl (C=O) groups is 4. The molecule has 4 N–H and O–H groups in total. The third kappa shape index (κ3) is 6.54. The lowest BCUT2D eigenvalue weighted by Crippen LogP contribution is -2.42. The maximum Gasteiger partial charge on any atom is 0.328 e. The van der Waals surface area contributed by atoms with E-state index in [9.17, 15) is 23.6 Å². The Kier molecular flexibility index (Phi) is 9.19. The molecule has 0 saturated carbocycles. The van der Waals surface area contributed by atoms with Crippen molar-refractivity contribution in [2.75, 3.05) is 38.0 Å². The number of nitrogens with one attached hydrogen (secondary N) is 2. The van der Waals surface area contributed by atoms with Gasteiger partial charge in [0, 0.05) is 60.8 Å². The van der Waals surface area contributed by atoms with Gasteiger partial charge in [-0.3, -0.25) is 9.59 Å². The predicted molar refractivity (Wildman–Crippen MR) is 140 cm³/mol. The van der Waals surface area contributed by atoms with E-state index in [1.54, 1.807) is 12.1 Å². The number of carbonyl (C=O) groups excluding carboxylic acids is 2. The van der Waals surface area contributed by atoms with Gasteiger partial charge >= 0.3 is 11.9 Å². The molecule has 0 fully saturated rings. The monoisotopic (exact) mass is 526 g/mol. The minimum absolute atomic E-state index is 0.0316. The fraction of sp³-hybridized carbons (Fsp3) is 0.333. The molecule has 10 nitrogen and oxygen atoms in total. The van der Waals surface area contributed by atoms with Gasteiger partial charge < -0.3 is 30.3 Å². The Morgan fingerprint density at radius 1 is 1.13 bits per heavy atom. The Morgan fingerprint density at radius 3 is 2.39 bits per heavy atom. The predicted octanol–water partition coefficient (Wildman–Crippen LogP) is 3.01. The van der Waals surface area contributed by atoms with Crippen LogP contribution in [-0.2, 0) is 20.8 Å². The second kappa shape index (κ2) is 12.3. The van der Waals surface area contributed by atoms with Crippen LogP contribution in [0.2, 0.25) is 0 Å². The second-order valence-electron chi connectivity index (χ2n) is 8.80. The number of hydrogen-bond acceptors (Lipinski definition) is 5. The van der Waals surface area contributed by atoms with Gasteiger partial charge in [0.15, 0.2) is 0 Å². The summed E-state index contributed by atoms with van der Waals surface area (Å²) in [6.45, 7) is 10.3. The number of hydrogen-bond donors (Lipinski definition) is 4.